The lowest BCUT2D eigenvalue weighted by Crippen LogP contribution is -2.26. The van der Waals surface area contributed by atoms with Crippen molar-refractivity contribution in [3.63, 3.8) is 0 Å². The van der Waals surface area contributed by atoms with Crippen molar-refractivity contribution >= 4 is 40.2 Å². The zero-order valence-corrected chi connectivity index (χ0v) is 24.1. The van der Waals surface area contributed by atoms with E-state index in [0.717, 1.165) is 22.0 Å². The first-order valence-electron chi connectivity index (χ1n) is 13.4. The molecular weight excluding hydrogens is 524 g/mol. The van der Waals surface area contributed by atoms with Gasteiger partial charge in [-0.15, -0.1) is 0 Å². The van der Waals surface area contributed by atoms with Gasteiger partial charge in [-0.1, -0.05) is 68.8 Å². The second-order valence-corrected chi connectivity index (χ2v) is 11.7. The summed E-state index contributed by atoms with van der Waals surface area (Å²) in [6.45, 7) is 6.60. The standard InChI is InChI=1S/C33H35ClN2O4/c1-33(2,3)26-11-7-22(8-12-26)18-25(31(39)29-20-24-19-27(34)13-14-28(24)36(29)4)17-21-5-9-23(10-6-21)32(40)35-16-15-30(37)38/h5-14,19-20,25H,15-18H2,1-4H3,(H,35,40)(H,37,38). The minimum atomic E-state index is -0.964. The van der Waals surface area contributed by atoms with Gasteiger partial charge in [0.15, 0.2) is 5.78 Å². The van der Waals surface area contributed by atoms with Crippen molar-refractivity contribution < 1.29 is 19.5 Å². The van der Waals surface area contributed by atoms with Gasteiger partial charge in [-0.3, -0.25) is 14.4 Å². The van der Waals surface area contributed by atoms with Crippen molar-refractivity contribution in [1.29, 1.82) is 0 Å². The lowest BCUT2D eigenvalue weighted by molar-refractivity contribution is -0.136. The molecule has 0 saturated carbocycles. The Labute approximate surface area is 240 Å². The number of aliphatic carboxylic acids is 1. The molecule has 0 bridgehead atoms. The van der Waals surface area contributed by atoms with E-state index in [1.165, 1.54) is 5.56 Å². The smallest absolute Gasteiger partial charge is 0.305 e. The van der Waals surface area contributed by atoms with Crippen LogP contribution in [0.25, 0.3) is 10.9 Å². The number of ketones is 1. The molecule has 208 valence electrons. The van der Waals surface area contributed by atoms with E-state index in [2.05, 4.69) is 50.4 Å². The quantitative estimate of drug-likeness (QED) is 0.214. The van der Waals surface area contributed by atoms with Gasteiger partial charge < -0.3 is 15.0 Å². The molecule has 4 rings (SSSR count). The van der Waals surface area contributed by atoms with Crippen LogP contribution in [0.3, 0.4) is 0 Å². The molecule has 2 N–H and O–H groups in total. The second-order valence-electron chi connectivity index (χ2n) is 11.3. The highest BCUT2D eigenvalue weighted by Crippen LogP contribution is 2.28. The number of carboxylic acids is 1. The molecule has 4 aromatic rings. The van der Waals surface area contributed by atoms with E-state index < -0.39 is 5.97 Å². The summed E-state index contributed by atoms with van der Waals surface area (Å²) in [5.41, 5.74) is 5.32. The number of nitrogens with zero attached hydrogens (tertiary/aromatic N) is 1. The van der Waals surface area contributed by atoms with Crippen molar-refractivity contribution in [1.82, 2.24) is 9.88 Å². The highest BCUT2D eigenvalue weighted by atomic mass is 35.5. The number of hydrogen-bond donors (Lipinski definition) is 2. The summed E-state index contributed by atoms with van der Waals surface area (Å²) in [7, 11) is 1.90. The average molecular weight is 559 g/mol. The lowest BCUT2D eigenvalue weighted by Gasteiger charge is -2.20. The zero-order chi connectivity index (χ0) is 29.0. The van der Waals surface area contributed by atoms with Gasteiger partial charge in [-0.05, 0) is 71.3 Å². The number of carbonyl (C=O) groups excluding carboxylic acids is 2. The third kappa shape index (κ3) is 6.99. The molecule has 1 atom stereocenters. The summed E-state index contributed by atoms with van der Waals surface area (Å²) in [5, 5.41) is 12.9. The predicted octanol–water partition coefficient (Wildman–Crippen LogP) is 6.62. The van der Waals surface area contributed by atoms with Gasteiger partial charge in [0.1, 0.15) is 0 Å². The Morgan fingerprint density at radius 3 is 2.08 bits per heavy atom. The molecule has 0 spiro atoms. The minimum Gasteiger partial charge on any atom is -0.481 e. The van der Waals surface area contributed by atoms with Crippen molar-refractivity contribution in [2.75, 3.05) is 6.54 Å². The molecule has 1 heterocycles. The Balaban J connectivity index is 1.60. The third-order valence-electron chi connectivity index (χ3n) is 7.25. The van der Waals surface area contributed by atoms with Crippen LogP contribution in [0, 0.1) is 5.92 Å². The Morgan fingerprint density at radius 2 is 1.50 bits per heavy atom. The number of rotatable bonds is 10. The molecule has 0 radical (unpaired) electrons. The van der Waals surface area contributed by atoms with Gasteiger partial charge in [0, 0.05) is 41.0 Å². The number of aryl methyl sites for hydroxylation is 1. The number of amides is 1. The van der Waals surface area contributed by atoms with Crippen LogP contribution in [-0.4, -0.2) is 33.9 Å². The fourth-order valence-corrected chi connectivity index (χ4v) is 5.09. The summed E-state index contributed by atoms with van der Waals surface area (Å²) >= 11 is 6.21. The van der Waals surface area contributed by atoms with E-state index >= 15 is 0 Å². The first kappa shape index (κ1) is 29.1. The maximum absolute atomic E-state index is 14.0. The van der Waals surface area contributed by atoms with E-state index in [4.69, 9.17) is 16.7 Å². The molecule has 1 amide bonds. The van der Waals surface area contributed by atoms with Crippen molar-refractivity contribution in [3.05, 3.63) is 106 Å². The van der Waals surface area contributed by atoms with E-state index in [9.17, 15) is 14.4 Å². The molecular formula is C33H35ClN2O4. The average Bonchev–Trinajstić information content (AvgIpc) is 3.23. The number of halogens is 1. The molecule has 3 aromatic carbocycles. The third-order valence-corrected chi connectivity index (χ3v) is 7.49. The maximum atomic E-state index is 14.0. The highest BCUT2D eigenvalue weighted by Gasteiger charge is 2.25. The molecule has 7 heteroatoms. The molecule has 0 aliphatic carbocycles. The van der Waals surface area contributed by atoms with Gasteiger partial charge in [0.25, 0.3) is 5.91 Å². The van der Waals surface area contributed by atoms with Crippen LogP contribution in [0.4, 0.5) is 0 Å². The van der Waals surface area contributed by atoms with Crippen molar-refractivity contribution in [2.45, 2.75) is 45.4 Å². The van der Waals surface area contributed by atoms with E-state index in [1.54, 1.807) is 12.1 Å². The zero-order valence-electron chi connectivity index (χ0n) is 23.3. The normalized spacial score (nSPS) is 12.3. The Morgan fingerprint density at radius 1 is 0.900 bits per heavy atom. The molecule has 40 heavy (non-hydrogen) atoms. The number of carbonyl (C=O) groups is 3. The summed E-state index contributed by atoms with van der Waals surface area (Å²) < 4.78 is 1.92. The molecule has 0 aliphatic rings. The van der Waals surface area contributed by atoms with Crippen LogP contribution in [0.15, 0.2) is 72.8 Å². The van der Waals surface area contributed by atoms with Crippen molar-refractivity contribution in [3.8, 4) is 0 Å². The number of hydrogen-bond acceptors (Lipinski definition) is 3. The molecule has 6 nitrogen and oxygen atoms in total. The number of fused-ring (bicyclic) bond motifs is 1. The van der Waals surface area contributed by atoms with Crippen LogP contribution in [0.5, 0.6) is 0 Å². The van der Waals surface area contributed by atoms with Gasteiger partial charge in [0.2, 0.25) is 0 Å². The van der Waals surface area contributed by atoms with Crippen molar-refractivity contribution in [2.24, 2.45) is 13.0 Å². The topological polar surface area (TPSA) is 88.4 Å². The first-order chi connectivity index (χ1) is 18.9. The fraction of sp³-hybridized carbons (Fsp3) is 0.303. The molecule has 1 unspecified atom stereocenters. The Hall–Kier alpha value is -3.90. The summed E-state index contributed by atoms with van der Waals surface area (Å²) in [6, 6.07) is 23.1. The SMILES string of the molecule is Cn1c(C(=O)C(Cc2ccc(C(=O)NCCC(=O)O)cc2)Cc2ccc(C(C)(C)C)cc2)cc2cc(Cl)ccc21. The lowest BCUT2D eigenvalue weighted by atomic mass is 9.84. The summed E-state index contributed by atoms with van der Waals surface area (Å²) in [5.74, 6) is -1.57. The van der Waals surface area contributed by atoms with Gasteiger partial charge in [-0.2, -0.15) is 0 Å². The van der Waals surface area contributed by atoms with Crippen LogP contribution >= 0.6 is 11.6 Å². The summed E-state index contributed by atoms with van der Waals surface area (Å²) in [6.07, 6.45) is 0.941. The second kappa shape index (κ2) is 12.1. The Bertz CT molecular complexity index is 1530. The van der Waals surface area contributed by atoms with Gasteiger partial charge in [0.05, 0.1) is 12.1 Å². The van der Waals surface area contributed by atoms with Crippen LogP contribution in [-0.2, 0) is 30.1 Å². The van der Waals surface area contributed by atoms with E-state index in [0.29, 0.717) is 29.1 Å². The van der Waals surface area contributed by atoms with Crippen LogP contribution < -0.4 is 5.32 Å². The molecule has 0 aliphatic heterocycles. The van der Waals surface area contributed by atoms with E-state index in [-0.39, 0.29) is 36.0 Å². The molecule has 0 fully saturated rings. The number of benzene rings is 3. The van der Waals surface area contributed by atoms with E-state index in [1.807, 2.05) is 48.0 Å². The van der Waals surface area contributed by atoms with Crippen LogP contribution in [0.1, 0.15) is 64.7 Å². The van der Waals surface area contributed by atoms with Gasteiger partial charge >= 0.3 is 5.97 Å². The minimum absolute atomic E-state index is 0.0415. The largest absolute Gasteiger partial charge is 0.481 e. The Kier molecular flexibility index (Phi) is 8.79. The first-order valence-corrected chi connectivity index (χ1v) is 13.8. The van der Waals surface area contributed by atoms with Crippen LogP contribution in [0.2, 0.25) is 5.02 Å². The summed E-state index contributed by atoms with van der Waals surface area (Å²) in [4.78, 5) is 37.1. The maximum Gasteiger partial charge on any atom is 0.305 e. The highest BCUT2D eigenvalue weighted by molar-refractivity contribution is 6.31. The monoisotopic (exact) mass is 558 g/mol. The number of carboxylic acid groups (broad SMARTS) is 1. The molecule has 1 aromatic heterocycles. The number of Topliss-reactive ketones (excluding diaryl/α,β-unsaturated/α-hetero) is 1. The van der Waals surface area contributed by atoms with Gasteiger partial charge in [-0.25, -0.2) is 0 Å². The number of aromatic nitrogens is 1. The fourth-order valence-electron chi connectivity index (χ4n) is 4.91. The molecule has 0 saturated heterocycles. The predicted molar refractivity (Wildman–Crippen MR) is 159 cm³/mol. The number of nitrogens with one attached hydrogen (secondary N) is 1.